The summed E-state index contributed by atoms with van der Waals surface area (Å²) >= 11 is 0. The van der Waals surface area contributed by atoms with Crippen LogP contribution >= 0.6 is 0 Å². The van der Waals surface area contributed by atoms with Crippen molar-refractivity contribution in [1.82, 2.24) is 20.0 Å². The molecule has 1 saturated heterocycles. The average Bonchev–Trinajstić information content (AvgIpc) is 3.35. The lowest BCUT2D eigenvalue weighted by atomic mass is 9.95. The Labute approximate surface area is 161 Å². The highest BCUT2D eigenvalue weighted by Crippen LogP contribution is 2.43. The second kappa shape index (κ2) is 6.00. The first-order valence-corrected chi connectivity index (χ1v) is 9.07. The number of aromatic amines is 1. The molecule has 2 aromatic heterocycles. The van der Waals surface area contributed by atoms with Crippen molar-refractivity contribution in [2.45, 2.75) is 24.8 Å². The van der Waals surface area contributed by atoms with Gasteiger partial charge in [0.1, 0.15) is 11.3 Å². The predicted octanol–water partition coefficient (Wildman–Crippen LogP) is 1.62. The third-order valence-electron chi connectivity index (χ3n) is 5.58. The lowest BCUT2D eigenvalue weighted by Crippen LogP contribution is -2.46. The highest BCUT2D eigenvalue weighted by Gasteiger charge is 2.37. The first-order chi connectivity index (χ1) is 13.9. The summed E-state index contributed by atoms with van der Waals surface area (Å²) in [6.45, 7) is 0.623. The molecule has 0 unspecified atom stereocenters. The van der Waals surface area contributed by atoms with Gasteiger partial charge in [-0.15, -0.1) is 0 Å². The van der Waals surface area contributed by atoms with Crippen LogP contribution in [0.3, 0.4) is 0 Å². The molecule has 0 bridgehead atoms. The summed E-state index contributed by atoms with van der Waals surface area (Å²) < 4.78 is 32.0. The number of carboxylic acids is 1. The van der Waals surface area contributed by atoms with E-state index < -0.39 is 39.7 Å². The molecule has 0 radical (unpaired) electrons. The fraction of sp³-hybridized carbons (Fsp3) is 0.333. The molecule has 1 aliphatic heterocycles. The molecule has 1 saturated carbocycles. The standard InChI is InChI=1S/C18H16F2N6O3/c19-12-14(21)11-15(26(8-1-2-8)6-9(17(11)27)18(28)29)13(20)16(12)25-4-7(5-25)10-3-22-24-23-10/h3,6-8H,1-2,4-5,21H2,(H,28,29)(H,22,23,24). The predicted molar refractivity (Wildman–Crippen MR) is 99.1 cm³/mol. The van der Waals surface area contributed by atoms with Crippen LogP contribution in [0.5, 0.6) is 0 Å². The van der Waals surface area contributed by atoms with Gasteiger partial charge >= 0.3 is 5.97 Å². The Morgan fingerprint density at radius 2 is 2.00 bits per heavy atom. The Morgan fingerprint density at radius 3 is 2.59 bits per heavy atom. The van der Waals surface area contributed by atoms with E-state index in [1.807, 2.05) is 0 Å². The zero-order chi connectivity index (χ0) is 20.4. The molecule has 29 heavy (non-hydrogen) atoms. The highest BCUT2D eigenvalue weighted by atomic mass is 19.1. The van der Waals surface area contributed by atoms with E-state index in [1.165, 1.54) is 9.47 Å². The number of hydrogen-bond acceptors (Lipinski definition) is 6. The van der Waals surface area contributed by atoms with Crippen molar-refractivity contribution in [3.05, 3.63) is 45.5 Å². The van der Waals surface area contributed by atoms with E-state index in [1.54, 1.807) is 6.20 Å². The molecule has 0 amide bonds. The van der Waals surface area contributed by atoms with Gasteiger partial charge in [0.05, 0.1) is 28.5 Å². The minimum Gasteiger partial charge on any atom is -0.477 e. The van der Waals surface area contributed by atoms with E-state index in [4.69, 9.17) is 5.73 Å². The molecule has 1 aromatic carbocycles. The molecule has 5 rings (SSSR count). The Bertz CT molecular complexity index is 1210. The number of carboxylic acid groups (broad SMARTS) is 1. The van der Waals surface area contributed by atoms with Gasteiger partial charge in [-0.3, -0.25) is 4.79 Å². The summed E-state index contributed by atoms with van der Waals surface area (Å²) in [5, 5.41) is 19.1. The number of nitrogen functional groups attached to an aromatic ring is 1. The molecule has 2 fully saturated rings. The first kappa shape index (κ1) is 17.6. The Balaban J connectivity index is 1.69. The van der Waals surface area contributed by atoms with E-state index in [-0.39, 0.29) is 23.2 Å². The van der Waals surface area contributed by atoms with Crippen molar-refractivity contribution in [3.8, 4) is 0 Å². The van der Waals surface area contributed by atoms with Crippen molar-refractivity contribution in [3.63, 3.8) is 0 Å². The molecule has 0 spiro atoms. The summed E-state index contributed by atoms with van der Waals surface area (Å²) in [6.07, 6.45) is 4.10. The topological polar surface area (TPSA) is 130 Å². The van der Waals surface area contributed by atoms with Crippen LogP contribution < -0.4 is 16.1 Å². The van der Waals surface area contributed by atoms with Gasteiger partial charge in [0.15, 0.2) is 11.6 Å². The first-order valence-electron chi connectivity index (χ1n) is 9.07. The van der Waals surface area contributed by atoms with Crippen LogP contribution in [0.2, 0.25) is 0 Å². The number of pyridine rings is 1. The molecule has 9 nitrogen and oxygen atoms in total. The third-order valence-corrected chi connectivity index (χ3v) is 5.58. The number of anilines is 2. The number of carbonyl (C=O) groups is 1. The number of rotatable bonds is 4. The van der Waals surface area contributed by atoms with Gasteiger partial charge < -0.3 is 20.3 Å². The summed E-state index contributed by atoms with van der Waals surface area (Å²) in [5.41, 5.74) is 4.03. The highest BCUT2D eigenvalue weighted by molar-refractivity contribution is 5.99. The molecule has 3 aromatic rings. The van der Waals surface area contributed by atoms with Gasteiger partial charge in [0, 0.05) is 31.2 Å². The number of nitrogens with zero attached hydrogens (tertiary/aromatic N) is 4. The van der Waals surface area contributed by atoms with Crippen molar-refractivity contribution >= 4 is 28.2 Å². The summed E-state index contributed by atoms with van der Waals surface area (Å²) in [6, 6.07) is -0.150. The van der Waals surface area contributed by atoms with Crippen LogP contribution in [-0.4, -0.2) is 44.1 Å². The largest absolute Gasteiger partial charge is 0.477 e. The van der Waals surface area contributed by atoms with Gasteiger partial charge in [0.2, 0.25) is 5.43 Å². The minimum atomic E-state index is -1.46. The zero-order valence-corrected chi connectivity index (χ0v) is 15.0. The number of fused-ring (bicyclic) bond motifs is 1. The van der Waals surface area contributed by atoms with Gasteiger partial charge in [-0.1, -0.05) is 0 Å². The van der Waals surface area contributed by atoms with Gasteiger partial charge in [-0.2, -0.15) is 15.4 Å². The van der Waals surface area contributed by atoms with Crippen molar-refractivity contribution in [1.29, 1.82) is 0 Å². The van der Waals surface area contributed by atoms with Crippen LogP contribution in [0.1, 0.15) is 40.9 Å². The molecule has 150 valence electrons. The zero-order valence-electron chi connectivity index (χ0n) is 15.0. The molecular formula is C18H16F2N6O3. The number of H-pyrrole nitrogens is 1. The maximum Gasteiger partial charge on any atom is 0.341 e. The van der Waals surface area contributed by atoms with E-state index in [0.717, 1.165) is 6.20 Å². The van der Waals surface area contributed by atoms with E-state index >= 15 is 8.78 Å². The van der Waals surface area contributed by atoms with Gasteiger partial charge in [0.25, 0.3) is 0 Å². The second-order valence-corrected chi connectivity index (χ2v) is 7.43. The number of aromatic nitrogens is 4. The maximum absolute atomic E-state index is 15.5. The fourth-order valence-electron chi connectivity index (χ4n) is 3.88. The van der Waals surface area contributed by atoms with Crippen molar-refractivity contribution < 1.29 is 18.7 Å². The van der Waals surface area contributed by atoms with E-state index in [0.29, 0.717) is 31.6 Å². The lowest BCUT2D eigenvalue weighted by molar-refractivity contribution is 0.0695. The molecule has 2 aliphatic rings. The fourth-order valence-corrected chi connectivity index (χ4v) is 3.88. The average molecular weight is 402 g/mol. The van der Waals surface area contributed by atoms with Gasteiger partial charge in [-0.25, -0.2) is 13.6 Å². The van der Waals surface area contributed by atoms with E-state index in [9.17, 15) is 14.7 Å². The third kappa shape index (κ3) is 2.50. The molecule has 0 atom stereocenters. The van der Waals surface area contributed by atoms with Crippen LogP contribution in [0.25, 0.3) is 10.9 Å². The number of benzene rings is 1. The van der Waals surface area contributed by atoms with E-state index in [2.05, 4.69) is 15.4 Å². The van der Waals surface area contributed by atoms with Crippen LogP contribution in [0.15, 0.2) is 17.2 Å². The number of hydrogen-bond donors (Lipinski definition) is 3. The maximum atomic E-state index is 15.5. The molecule has 3 heterocycles. The quantitative estimate of drug-likeness (QED) is 0.565. The Hall–Kier alpha value is -3.50. The normalized spacial score (nSPS) is 17.0. The van der Waals surface area contributed by atoms with Gasteiger partial charge in [-0.05, 0) is 12.8 Å². The van der Waals surface area contributed by atoms with Crippen molar-refractivity contribution in [2.75, 3.05) is 23.7 Å². The number of halogens is 2. The lowest BCUT2D eigenvalue weighted by Gasteiger charge is -2.40. The Morgan fingerprint density at radius 1 is 1.28 bits per heavy atom. The minimum absolute atomic E-state index is 0.0375. The summed E-state index contributed by atoms with van der Waals surface area (Å²) in [7, 11) is 0. The second-order valence-electron chi connectivity index (χ2n) is 7.43. The smallest absolute Gasteiger partial charge is 0.341 e. The molecule has 4 N–H and O–H groups in total. The summed E-state index contributed by atoms with van der Waals surface area (Å²) in [4.78, 5) is 25.6. The van der Waals surface area contributed by atoms with Crippen LogP contribution in [0.4, 0.5) is 20.2 Å². The van der Waals surface area contributed by atoms with Crippen LogP contribution in [-0.2, 0) is 0 Å². The Kier molecular flexibility index (Phi) is 3.64. The molecular weight excluding hydrogens is 386 g/mol. The summed E-state index contributed by atoms with van der Waals surface area (Å²) in [5.74, 6) is -3.47. The van der Waals surface area contributed by atoms with Crippen LogP contribution in [0, 0.1) is 11.6 Å². The molecule has 11 heteroatoms. The SMILES string of the molecule is Nc1c(F)c(N2CC(c3cn[nH]n3)C2)c(F)c2c1c(=O)c(C(=O)O)cn2C1CC1. The number of nitrogens with two attached hydrogens (primary N) is 1. The molecule has 1 aliphatic carbocycles. The number of aromatic carboxylic acids is 1. The van der Waals surface area contributed by atoms with Crippen molar-refractivity contribution in [2.24, 2.45) is 0 Å². The monoisotopic (exact) mass is 402 g/mol. The number of nitrogens with one attached hydrogen (secondary N) is 1.